The summed E-state index contributed by atoms with van der Waals surface area (Å²) in [6.45, 7) is 5.47. The van der Waals surface area contributed by atoms with Crippen molar-refractivity contribution in [2.75, 3.05) is 31.6 Å². The SMILES string of the molecule is COc1ccc(N2CCN(Cc3ncccc3F)[C@@H](C)C2)cc1. The van der Waals surface area contributed by atoms with Crippen molar-refractivity contribution in [3.63, 3.8) is 0 Å². The maximum atomic E-state index is 13.8. The number of hydrogen-bond donors (Lipinski definition) is 0. The van der Waals surface area contributed by atoms with Gasteiger partial charge in [-0.15, -0.1) is 0 Å². The van der Waals surface area contributed by atoms with Crippen LogP contribution in [-0.4, -0.2) is 42.7 Å². The molecular formula is C18H22FN3O. The van der Waals surface area contributed by atoms with Crippen molar-refractivity contribution in [1.82, 2.24) is 9.88 Å². The quantitative estimate of drug-likeness (QED) is 0.867. The molecular weight excluding hydrogens is 293 g/mol. The van der Waals surface area contributed by atoms with E-state index in [9.17, 15) is 4.39 Å². The number of aromatic nitrogens is 1. The van der Waals surface area contributed by atoms with Crippen molar-refractivity contribution in [1.29, 1.82) is 0 Å². The number of pyridine rings is 1. The lowest BCUT2D eigenvalue weighted by Gasteiger charge is -2.40. The zero-order valence-corrected chi connectivity index (χ0v) is 13.6. The first kappa shape index (κ1) is 15.7. The third-order valence-electron chi connectivity index (χ3n) is 4.39. The number of benzene rings is 1. The fraction of sp³-hybridized carbons (Fsp3) is 0.389. The van der Waals surface area contributed by atoms with Crippen molar-refractivity contribution < 1.29 is 9.13 Å². The van der Waals surface area contributed by atoms with Gasteiger partial charge in [-0.05, 0) is 43.3 Å². The van der Waals surface area contributed by atoms with Crippen LogP contribution in [0.4, 0.5) is 10.1 Å². The molecule has 2 aromatic rings. The molecule has 1 atom stereocenters. The Labute approximate surface area is 136 Å². The number of ether oxygens (including phenoxy) is 1. The molecule has 23 heavy (non-hydrogen) atoms. The van der Waals surface area contributed by atoms with E-state index in [-0.39, 0.29) is 5.82 Å². The van der Waals surface area contributed by atoms with E-state index in [1.165, 1.54) is 11.8 Å². The normalized spacial score (nSPS) is 18.9. The van der Waals surface area contributed by atoms with Gasteiger partial charge in [0.1, 0.15) is 11.6 Å². The molecule has 0 aliphatic carbocycles. The van der Waals surface area contributed by atoms with Crippen LogP contribution in [0.25, 0.3) is 0 Å². The number of rotatable bonds is 4. The standard InChI is InChI=1S/C18H22FN3O/c1-14-12-22(15-5-7-16(23-2)8-6-15)11-10-21(14)13-18-17(19)4-3-9-20-18/h3-9,14H,10-13H2,1-2H3/t14-/m0/s1. The van der Waals surface area contributed by atoms with Crippen molar-refractivity contribution in [2.45, 2.75) is 19.5 Å². The number of methoxy groups -OCH3 is 1. The van der Waals surface area contributed by atoms with Crippen LogP contribution < -0.4 is 9.64 Å². The molecule has 1 fully saturated rings. The highest BCUT2D eigenvalue weighted by molar-refractivity contribution is 5.49. The Morgan fingerprint density at radius 2 is 2.00 bits per heavy atom. The number of halogens is 1. The number of nitrogens with zero attached hydrogens (tertiary/aromatic N) is 3. The van der Waals surface area contributed by atoms with Crippen LogP contribution in [0.1, 0.15) is 12.6 Å². The van der Waals surface area contributed by atoms with Gasteiger partial charge in [0.2, 0.25) is 0 Å². The molecule has 0 bridgehead atoms. The highest BCUT2D eigenvalue weighted by Gasteiger charge is 2.24. The molecule has 2 heterocycles. The highest BCUT2D eigenvalue weighted by atomic mass is 19.1. The van der Waals surface area contributed by atoms with Gasteiger partial charge in [-0.25, -0.2) is 4.39 Å². The van der Waals surface area contributed by atoms with Gasteiger partial charge in [0.05, 0.1) is 12.8 Å². The minimum atomic E-state index is -0.225. The lowest BCUT2D eigenvalue weighted by molar-refractivity contribution is 0.176. The molecule has 0 spiro atoms. The van der Waals surface area contributed by atoms with Gasteiger partial charge < -0.3 is 9.64 Å². The predicted molar refractivity (Wildman–Crippen MR) is 89.3 cm³/mol. The Morgan fingerprint density at radius 1 is 1.22 bits per heavy atom. The van der Waals surface area contributed by atoms with Crippen molar-refractivity contribution in [3.8, 4) is 5.75 Å². The second-order valence-corrected chi connectivity index (χ2v) is 5.90. The van der Waals surface area contributed by atoms with Gasteiger partial charge >= 0.3 is 0 Å². The van der Waals surface area contributed by atoms with E-state index in [2.05, 4.69) is 33.8 Å². The summed E-state index contributed by atoms with van der Waals surface area (Å²) in [4.78, 5) is 8.80. The molecule has 3 rings (SSSR count). The van der Waals surface area contributed by atoms with Crippen molar-refractivity contribution in [2.24, 2.45) is 0 Å². The van der Waals surface area contributed by atoms with Gasteiger partial charge in [0, 0.05) is 44.1 Å². The van der Waals surface area contributed by atoms with E-state index in [1.54, 1.807) is 19.4 Å². The average molecular weight is 315 g/mol. The molecule has 0 N–H and O–H groups in total. The molecule has 1 saturated heterocycles. The van der Waals surface area contributed by atoms with Crippen LogP contribution in [0.15, 0.2) is 42.6 Å². The molecule has 0 saturated carbocycles. The number of piperazine rings is 1. The van der Waals surface area contributed by atoms with Crippen LogP contribution in [0.2, 0.25) is 0 Å². The molecule has 0 amide bonds. The van der Waals surface area contributed by atoms with E-state index in [1.807, 2.05) is 12.1 Å². The minimum absolute atomic E-state index is 0.225. The van der Waals surface area contributed by atoms with Crippen LogP contribution in [0.3, 0.4) is 0 Å². The van der Waals surface area contributed by atoms with E-state index < -0.39 is 0 Å². The van der Waals surface area contributed by atoms with E-state index in [0.717, 1.165) is 25.4 Å². The van der Waals surface area contributed by atoms with Gasteiger partial charge in [0.15, 0.2) is 0 Å². The van der Waals surface area contributed by atoms with E-state index in [4.69, 9.17) is 4.74 Å². The smallest absolute Gasteiger partial charge is 0.146 e. The highest BCUT2D eigenvalue weighted by Crippen LogP contribution is 2.23. The van der Waals surface area contributed by atoms with Gasteiger partial charge in [-0.1, -0.05) is 0 Å². The lowest BCUT2D eigenvalue weighted by Crippen LogP contribution is -2.51. The fourth-order valence-corrected chi connectivity index (χ4v) is 2.98. The van der Waals surface area contributed by atoms with Crippen molar-refractivity contribution >= 4 is 5.69 Å². The Kier molecular flexibility index (Phi) is 4.76. The molecule has 1 aromatic carbocycles. The van der Waals surface area contributed by atoms with E-state index in [0.29, 0.717) is 18.3 Å². The van der Waals surface area contributed by atoms with Crippen LogP contribution in [-0.2, 0) is 6.54 Å². The Morgan fingerprint density at radius 3 is 2.65 bits per heavy atom. The van der Waals surface area contributed by atoms with Gasteiger partial charge in [-0.3, -0.25) is 9.88 Å². The predicted octanol–water partition coefficient (Wildman–Crippen LogP) is 2.94. The van der Waals surface area contributed by atoms with Crippen LogP contribution in [0.5, 0.6) is 5.75 Å². The second kappa shape index (κ2) is 6.96. The van der Waals surface area contributed by atoms with E-state index >= 15 is 0 Å². The van der Waals surface area contributed by atoms with Crippen LogP contribution >= 0.6 is 0 Å². The Balaban J connectivity index is 1.63. The lowest BCUT2D eigenvalue weighted by atomic mass is 10.1. The molecule has 1 aromatic heterocycles. The summed E-state index contributed by atoms with van der Waals surface area (Å²) in [6.07, 6.45) is 1.65. The summed E-state index contributed by atoms with van der Waals surface area (Å²) in [7, 11) is 1.67. The average Bonchev–Trinajstić information content (AvgIpc) is 2.58. The monoisotopic (exact) mass is 315 g/mol. The molecule has 122 valence electrons. The second-order valence-electron chi connectivity index (χ2n) is 5.90. The zero-order chi connectivity index (χ0) is 16.2. The largest absolute Gasteiger partial charge is 0.497 e. The first-order chi connectivity index (χ1) is 11.2. The maximum Gasteiger partial charge on any atom is 0.146 e. The van der Waals surface area contributed by atoms with Gasteiger partial charge in [0.25, 0.3) is 0 Å². The summed E-state index contributed by atoms with van der Waals surface area (Å²) in [6, 6.07) is 11.6. The first-order valence-corrected chi connectivity index (χ1v) is 7.90. The third-order valence-corrected chi connectivity index (χ3v) is 4.39. The summed E-state index contributed by atoms with van der Waals surface area (Å²) >= 11 is 0. The van der Waals surface area contributed by atoms with Gasteiger partial charge in [-0.2, -0.15) is 0 Å². The summed E-state index contributed by atoms with van der Waals surface area (Å²) in [5.74, 6) is 0.642. The minimum Gasteiger partial charge on any atom is -0.497 e. The Bertz CT molecular complexity index is 647. The molecule has 0 unspecified atom stereocenters. The maximum absolute atomic E-state index is 13.8. The molecule has 1 aliphatic rings. The molecule has 4 nitrogen and oxygen atoms in total. The number of hydrogen-bond acceptors (Lipinski definition) is 4. The fourth-order valence-electron chi connectivity index (χ4n) is 2.98. The third kappa shape index (κ3) is 3.62. The molecule has 0 radical (unpaired) electrons. The summed E-state index contributed by atoms with van der Waals surface area (Å²) < 4.78 is 19.0. The number of anilines is 1. The van der Waals surface area contributed by atoms with Crippen molar-refractivity contribution in [3.05, 3.63) is 54.1 Å². The first-order valence-electron chi connectivity index (χ1n) is 7.90. The Hall–Kier alpha value is -2.14. The summed E-state index contributed by atoms with van der Waals surface area (Å²) in [5, 5.41) is 0. The topological polar surface area (TPSA) is 28.6 Å². The molecule has 1 aliphatic heterocycles. The summed E-state index contributed by atoms with van der Waals surface area (Å²) in [5.41, 5.74) is 1.72. The zero-order valence-electron chi connectivity index (χ0n) is 13.6. The van der Waals surface area contributed by atoms with Crippen LogP contribution in [0, 0.1) is 5.82 Å². The molecule has 5 heteroatoms.